The van der Waals surface area contributed by atoms with Crippen LogP contribution in [0.15, 0.2) is 54.1 Å². The van der Waals surface area contributed by atoms with Crippen LogP contribution in [0.5, 0.6) is 0 Å². The number of halogens is 2. The maximum absolute atomic E-state index is 12.1. The van der Waals surface area contributed by atoms with E-state index in [9.17, 15) is 9.59 Å². The van der Waals surface area contributed by atoms with Crippen LogP contribution in [0, 0.1) is 13.8 Å². The Morgan fingerprint density at radius 2 is 1.43 bits per heavy atom. The maximum Gasteiger partial charge on any atom is 0.242 e. The Balaban J connectivity index is 0.000000375. The number of para-hydroxylation sites is 1. The van der Waals surface area contributed by atoms with Gasteiger partial charge in [0, 0.05) is 38.2 Å². The van der Waals surface area contributed by atoms with E-state index in [1.165, 1.54) is 0 Å². The molecule has 0 atom stereocenters. The van der Waals surface area contributed by atoms with Gasteiger partial charge >= 0.3 is 0 Å². The molecule has 0 aliphatic heterocycles. The zero-order chi connectivity index (χ0) is 27.8. The van der Waals surface area contributed by atoms with Gasteiger partial charge in [0.05, 0.1) is 13.2 Å². The number of alkyl halides is 2. The van der Waals surface area contributed by atoms with Gasteiger partial charge in [0.2, 0.25) is 11.8 Å². The lowest BCUT2D eigenvalue weighted by atomic mass is 10.1. The highest BCUT2D eigenvalue weighted by molar-refractivity contribution is 6.29. The summed E-state index contributed by atoms with van der Waals surface area (Å²) < 4.78 is 10.4. The van der Waals surface area contributed by atoms with Crippen molar-refractivity contribution < 1.29 is 19.1 Å². The highest BCUT2D eigenvalue weighted by Gasteiger charge is 2.20. The molecule has 0 heterocycles. The minimum atomic E-state index is -0.105. The second-order valence-electron chi connectivity index (χ2n) is 8.50. The van der Waals surface area contributed by atoms with Crippen LogP contribution in [-0.4, -0.2) is 68.5 Å². The largest absolute Gasteiger partial charge is 0.383 e. The number of hydrogen-bond acceptors (Lipinski definition) is 4. The third-order valence-electron chi connectivity index (χ3n) is 5.51. The topological polar surface area (TPSA) is 59.1 Å². The Morgan fingerprint density at radius 3 is 1.92 bits per heavy atom. The Labute approximate surface area is 232 Å². The molecule has 0 spiro atoms. The summed E-state index contributed by atoms with van der Waals surface area (Å²) in [5.74, 6) is -0.250. The molecule has 8 heteroatoms. The molecule has 0 N–H and O–H groups in total. The fourth-order valence-corrected chi connectivity index (χ4v) is 4.18. The third-order valence-corrected chi connectivity index (χ3v) is 5.97. The van der Waals surface area contributed by atoms with Gasteiger partial charge in [-0.15, -0.1) is 23.2 Å². The van der Waals surface area contributed by atoms with Gasteiger partial charge < -0.3 is 19.3 Å². The molecule has 0 saturated carbocycles. The van der Waals surface area contributed by atoms with E-state index >= 15 is 0 Å². The predicted octanol–water partition coefficient (Wildman–Crippen LogP) is 6.06. The van der Waals surface area contributed by atoms with E-state index in [0.29, 0.717) is 32.9 Å². The van der Waals surface area contributed by atoms with E-state index < -0.39 is 0 Å². The number of allylic oxidation sites excluding steroid dienone is 1. The molecule has 2 amide bonds. The van der Waals surface area contributed by atoms with Crippen LogP contribution < -0.4 is 4.90 Å². The molecule has 2 rings (SSSR count). The number of nitrogens with zero attached hydrogens (tertiary/aromatic N) is 2. The first kappa shape index (κ1) is 32.6. The van der Waals surface area contributed by atoms with Gasteiger partial charge in [-0.2, -0.15) is 0 Å². The summed E-state index contributed by atoms with van der Waals surface area (Å²) in [5.41, 5.74) is 6.08. The van der Waals surface area contributed by atoms with Crippen LogP contribution in [0.2, 0.25) is 0 Å². The standard InChI is InChI=1S/C16H22ClNO2.C13H18ClNO2/c1-4-20-11-10-18(15(19)12-17)16(13(2)3)14-8-6-5-7-9-14;1-10-5-4-6-11(2)13(10)15(7-8-17-3)12(16)9-14/h5-9H,4,10-12H2,1-3H3;4-6H,7-9H2,1-3H3. The van der Waals surface area contributed by atoms with Gasteiger partial charge in [-0.25, -0.2) is 0 Å². The molecular weight excluding hydrogens is 511 g/mol. The molecule has 6 nitrogen and oxygen atoms in total. The number of benzene rings is 2. The van der Waals surface area contributed by atoms with Gasteiger partial charge in [0.15, 0.2) is 0 Å². The second kappa shape index (κ2) is 18.0. The highest BCUT2D eigenvalue weighted by atomic mass is 35.5. The number of aryl methyl sites for hydroxylation is 2. The van der Waals surface area contributed by atoms with E-state index in [2.05, 4.69) is 0 Å². The monoisotopic (exact) mass is 550 g/mol. The number of carbonyl (C=O) groups is 2. The van der Waals surface area contributed by atoms with Crippen molar-refractivity contribution >= 4 is 46.4 Å². The molecule has 37 heavy (non-hydrogen) atoms. The molecule has 0 aliphatic rings. The van der Waals surface area contributed by atoms with Gasteiger partial charge in [0.25, 0.3) is 0 Å². The molecule has 0 bridgehead atoms. The van der Waals surface area contributed by atoms with Crippen LogP contribution in [0.1, 0.15) is 37.5 Å². The molecule has 2 aromatic rings. The number of amides is 2. The van der Waals surface area contributed by atoms with Gasteiger partial charge in [-0.3, -0.25) is 9.59 Å². The molecular formula is C29H40Cl2N2O4. The molecule has 204 valence electrons. The van der Waals surface area contributed by atoms with Gasteiger partial charge in [-0.1, -0.05) is 54.1 Å². The van der Waals surface area contributed by atoms with E-state index in [1.807, 2.05) is 83.1 Å². The van der Waals surface area contributed by atoms with Crippen LogP contribution in [0.4, 0.5) is 5.69 Å². The number of anilines is 1. The van der Waals surface area contributed by atoms with Crippen molar-refractivity contribution in [2.75, 3.05) is 56.7 Å². The van der Waals surface area contributed by atoms with Crippen molar-refractivity contribution in [2.24, 2.45) is 0 Å². The smallest absolute Gasteiger partial charge is 0.242 e. The normalized spacial score (nSPS) is 10.3. The first-order chi connectivity index (χ1) is 17.7. The summed E-state index contributed by atoms with van der Waals surface area (Å²) in [6.07, 6.45) is 0. The molecule has 0 fully saturated rings. The van der Waals surface area contributed by atoms with Gasteiger partial charge in [0.1, 0.15) is 11.8 Å². The molecule has 0 radical (unpaired) electrons. The van der Waals surface area contributed by atoms with E-state index in [-0.39, 0.29) is 23.6 Å². The molecule has 0 saturated heterocycles. The first-order valence-electron chi connectivity index (χ1n) is 12.3. The minimum Gasteiger partial charge on any atom is -0.383 e. The first-order valence-corrected chi connectivity index (χ1v) is 13.4. The summed E-state index contributed by atoms with van der Waals surface area (Å²) >= 11 is 11.4. The Kier molecular flexibility index (Phi) is 15.9. The number of methoxy groups -OCH3 is 1. The van der Waals surface area contributed by atoms with Crippen molar-refractivity contribution in [2.45, 2.75) is 34.6 Å². The third kappa shape index (κ3) is 10.5. The number of carbonyl (C=O) groups excluding carboxylic acids is 2. The second-order valence-corrected chi connectivity index (χ2v) is 9.04. The van der Waals surface area contributed by atoms with Gasteiger partial charge in [-0.05, 0) is 51.3 Å². The van der Waals surface area contributed by atoms with E-state index in [1.54, 1.807) is 16.9 Å². The maximum atomic E-state index is 12.1. The average Bonchev–Trinajstić information content (AvgIpc) is 2.89. The van der Waals surface area contributed by atoms with Crippen LogP contribution in [0.3, 0.4) is 0 Å². The predicted molar refractivity (Wildman–Crippen MR) is 155 cm³/mol. The van der Waals surface area contributed by atoms with E-state index in [0.717, 1.165) is 33.6 Å². The Bertz CT molecular complexity index is 988. The fraction of sp³-hybridized carbons (Fsp3) is 0.448. The lowest BCUT2D eigenvalue weighted by Gasteiger charge is -2.26. The molecule has 0 aromatic heterocycles. The summed E-state index contributed by atoms with van der Waals surface area (Å²) in [5, 5.41) is 0. The van der Waals surface area contributed by atoms with Crippen LogP contribution >= 0.6 is 23.2 Å². The SMILES string of the molecule is CCOCCN(C(=O)CCl)C(=C(C)C)c1ccccc1.COCCN(C(=O)CCl)c1c(C)cccc1C. The number of rotatable bonds is 12. The van der Waals surface area contributed by atoms with Crippen molar-refractivity contribution in [3.63, 3.8) is 0 Å². The van der Waals surface area contributed by atoms with Crippen molar-refractivity contribution in [3.05, 3.63) is 70.8 Å². The fourth-order valence-electron chi connectivity index (χ4n) is 3.89. The minimum absolute atomic E-state index is 0.0164. The summed E-state index contributed by atoms with van der Waals surface area (Å²) in [4.78, 5) is 27.4. The number of hydrogen-bond donors (Lipinski definition) is 0. The Hall–Kier alpha value is -2.38. The van der Waals surface area contributed by atoms with Crippen LogP contribution in [0.25, 0.3) is 5.70 Å². The molecule has 0 unspecified atom stereocenters. The zero-order valence-electron chi connectivity index (χ0n) is 22.9. The average molecular weight is 552 g/mol. The summed E-state index contributed by atoms with van der Waals surface area (Å²) in [6.45, 7) is 12.6. The summed E-state index contributed by atoms with van der Waals surface area (Å²) in [6, 6.07) is 15.8. The van der Waals surface area contributed by atoms with Crippen LogP contribution in [-0.2, 0) is 19.1 Å². The molecule has 2 aromatic carbocycles. The lowest BCUT2D eigenvalue weighted by molar-refractivity contribution is -0.126. The van der Waals surface area contributed by atoms with E-state index in [4.69, 9.17) is 32.7 Å². The van der Waals surface area contributed by atoms with Crippen molar-refractivity contribution in [3.8, 4) is 0 Å². The molecule has 0 aliphatic carbocycles. The number of ether oxygens (including phenoxy) is 2. The van der Waals surface area contributed by atoms with Crippen molar-refractivity contribution in [1.29, 1.82) is 0 Å². The van der Waals surface area contributed by atoms with Crippen molar-refractivity contribution in [1.82, 2.24) is 4.90 Å². The zero-order valence-corrected chi connectivity index (χ0v) is 24.4. The quantitative estimate of drug-likeness (QED) is 0.238. The highest BCUT2D eigenvalue weighted by Crippen LogP contribution is 2.25. The lowest BCUT2D eigenvalue weighted by Crippen LogP contribution is -2.35. The Morgan fingerprint density at radius 1 is 0.838 bits per heavy atom. The summed E-state index contributed by atoms with van der Waals surface area (Å²) in [7, 11) is 1.62.